The quantitative estimate of drug-likeness (QED) is 0.482. The minimum absolute atomic E-state index is 0.203. The number of carboxylic acids is 1. The standard InChI is InChI=1S/C25H27NO4S/c1-4-20-8-12-23(16-24(20)25(27)28)31(29)26-14-13-19-6-10-21(11-7-19)30-22-9-5-17(2)18(3)15-22/h5-12,15-16,26H,4,13-14H2,1-3H3,(H,27,28). The van der Waals surface area contributed by atoms with E-state index in [0.29, 0.717) is 24.3 Å². The van der Waals surface area contributed by atoms with Crippen LogP contribution in [0.15, 0.2) is 65.6 Å². The van der Waals surface area contributed by atoms with Crippen molar-refractivity contribution in [2.24, 2.45) is 0 Å². The van der Waals surface area contributed by atoms with E-state index in [1.165, 1.54) is 17.2 Å². The van der Waals surface area contributed by atoms with Crippen LogP contribution in [-0.4, -0.2) is 21.8 Å². The first-order valence-corrected chi connectivity index (χ1v) is 11.4. The highest BCUT2D eigenvalue weighted by Gasteiger charge is 2.12. The van der Waals surface area contributed by atoms with Gasteiger partial charge in [0.2, 0.25) is 0 Å². The van der Waals surface area contributed by atoms with Crippen LogP contribution in [0.3, 0.4) is 0 Å². The molecule has 162 valence electrons. The Balaban J connectivity index is 1.54. The highest BCUT2D eigenvalue weighted by atomic mass is 32.2. The summed E-state index contributed by atoms with van der Waals surface area (Å²) in [4.78, 5) is 11.9. The van der Waals surface area contributed by atoms with Crippen LogP contribution in [0.2, 0.25) is 0 Å². The number of aryl methyl sites for hydroxylation is 3. The Hall–Kier alpha value is -2.96. The first kappa shape index (κ1) is 22.7. The third kappa shape index (κ3) is 6.03. The van der Waals surface area contributed by atoms with Crippen molar-refractivity contribution in [2.45, 2.75) is 38.5 Å². The van der Waals surface area contributed by atoms with Gasteiger partial charge in [0.1, 0.15) is 22.5 Å². The number of carbonyl (C=O) groups is 1. The molecule has 0 spiro atoms. The summed E-state index contributed by atoms with van der Waals surface area (Å²) in [6, 6.07) is 18.8. The first-order valence-electron chi connectivity index (χ1n) is 10.2. The molecule has 0 amide bonds. The molecule has 0 aromatic heterocycles. The van der Waals surface area contributed by atoms with E-state index in [1.807, 2.05) is 49.4 Å². The number of aromatic carboxylic acids is 1. The summed E-state index contributed by atoms with van der Waals surface area (Å²) in [6.07, 6.45) is 1.31. The third-order valence-electron chi connectivity index (χ3n) is 5.19. The van der Waals surface area contributed by atoms with Crippen molar-refractivity contribution in [1.82, 2.24) is 4.72 Å². The second kappa shape index (κ2) is 10.4. The van der Waals surface area contributed by atoms with Crippen LogP contribution >= 0.6 is 0 Å². The average molecular weight is 438 g/mol. The van der Waals surface area contributed by atoms with Crippen LogP contribution in [-0.2, 0) is 23.8 Å². The van der Waals surface area contributed by atoms with Crippen molar-refractivity contribution in [3.63, 3.8) is 0 Å². The van der Waals surface area contributed by atoms with Gasteiger partial charge in [0.15, 0.2) is 0 Å². The summed E-state index contributed by atoms with van der Waals surface area (Å²) in [6.45, 7) is 6.53. The van der Waals surface area contributed by atoms with Crippen molar-refractivity contribution in [1.29, 1.82) is 0 Å². The Bertz CT molecular complexity index is 1090. The van der Waals surface area contributed by atoms with Crippen LogP contribution < -0.4 is 9.46 Å². The molecule has 2 N–H and O–H groups in total. The van der Waals surface area contributed by atoms with Crippen LogP contribution in [0.1, 0.15) is 39.5 Å². The van der Waals surface area contributed by atoms with E-state index < -0.39 is 17.0 Å². The van der Waals surface area contributed by atoms with Gasteiger partial charge in [-0.05, 0) is 85.3 Å². The Morgan fingerprint density at radius 1 is 0.968 bits per heavy atom. The lowest BCUT2D eigenvalue weighted by molar-refractivity contribution is 0.0695. The van der Waals surface area contributed by atoms with E-state index in [9.17, 15) is 14.1 Å². The lowest BCUT2D eigenvalue weighted by Crippen LogP contribution is -2.20. The van der Waals surface area contributed by atoms with Crippen LogP contribution in [0, 0.1) is 13.8 Å². The van der Waals surface area contributed by atoms with Gasteiger partial charge in [-0.15, -0.1) is 0 Å². The first-order chi connectivity index (χ1) is 14.9. The van der Waals surface area contributed by atoms with Crippen LogP contribution in [0.4, 0.5) is 0 Å². The number of rotatable bonds is 9. The molecular formula is C25H27NO4S. The molecule has 5 nitrogen and oxygen atoms in total. The van der Waals surface area contributed by atoms with Gasteiger partial charge < -0.3 is 9.84 Å². The minimum Gasteiger partial charge on any atom is -0.478 e. The van der Waals surface area contributed by atoms with Crippen LogP contribution in [0.25, 0.3) is 0 Å². The largest absolute Gasteiger partial charge is 0.478 e. The van der Waals surface area contributed by atoms with Gasteiger partial charge in [0.25, 0.3) is 0 Å². The van der Waals surface area contributed by atoms with E-state index in [2.05, 4.69) is 18.6 Å². The molecule has 0 aliphatic heterocycles. The topological polar surface area (TPSA) is 75.6 Å². The number of nitrogens with one attached hydrogen (secondary N) is 1. The number of hydrogen-bond donors (Lipinski definition) is 2. The average Bonchev–Trinajstić information content (AvgIpc) is 2.77. The fourth-order valence-corrected chi connectivity index (χ4v) is 4.06. The second-order valence-electron chi connectivity index (χ2n) is 7.38. The van der Waals surface area contributed by atoms with Crippen molar-refractivity contribution >= 4 is 17.0 Å². The Morgan fingerprint density at radius 3 is 2.32 bits per heavy atom. The maximum Gasteiger partial charge on any atom is 0.336 e. The number of benzene rings is 3. The highest BCUT2D eigenvalue weighted by molar-refractivity contribution is 7.83. The third-order valence-corrected chi connectivity index (χ3v) is 6.34. The van der Waals surface area contributed by atoms with Gasteiger partial charge in [-0.3, -0.25) is 0 Å². The molecule has 1 unspecified atom stereocenters. The summed E-state index contributed by atoms with van der Waals surface area (Å²) in [5.74, 6) is 0.572. The monoisotopic (exact) mass is 437 g/mol. The van der Waals surface area contributed by atoms with Crippen molar-refractivity contribution in [3.05, 3.63) is 88.5 Å². The molecule has 3 rings (SSSR count). The molecule has 0 saturated carbocycles. The zero-order chi connectivity index (χ0) is 22.4. The van der Waals surface area contributed by atoms with Crippen molar-refractivity contribution < 1.29 is 18.8 Å². The second-order valence-corrected chi connectivity index (χ2v) is 8.68. The van der Waals surface area contributed by atoms with E-state index in [0.717, 1.165) is 22.6 Å². The SMILES string of the molecule is CCc1ccc(S(=O)NCCc2ccc(Oc3ccc(C)c(C)c3)cc2)cc1C(=O)O. The molecule has 6 heteroatoms. The van der Waals surface area contributed by atoms with Gasteiger partial charge in [-0.2, -0.15) is 0 Å². The van der Waals surface area contributed by atoms with E-state index in [4.69, 9.17) is 4.74 Å². The summed E-state index contributed by atoms with van der Waals surface area (Å²) in [5, 5.41) is 9.34. The van der Waals surface area contributed by atoms with Gasteiger partial charge in [-0.25, -0.2) is 13.7 Å². The Morgan fingerprint density at radius 2 is 1.68 bits per heavy atom. The van der Waals surface area contributed by atoms with Gasteiger partial charge >= 0.3 is 5.97 Å². The maximum absolute atomic E-state index is 12.5. The highest BCUT2D eigenvalue weighted by Crippen LogP contribution is 2.24. The molecule has 0 saturated heterocycles. The smallest absolute Gasteiger partial charge is 0.336 e. The molecule has 0 aliphatic rings. The summed E-state index contributed by atoms with van der Waals surface area (Å²) >= 11 is 0. The fraction of sp³-hybridized carbons (Fsp3) is 0.240. The molecule has 0 bridgehead atoms. The molecule has 3 aromatic carbocycles. The number of carboxylic acid groups (broad SMARTS) is 1. The molecule has 0 heterocycles. The molecule has 0 aliphatic carbocycles. The maximum atomic E-state index is 12.5. The molecular weight excluding hydrogens is 410 g/mol. The molecule has 1 atom stereocenters. The molecule has 0 radical (unpaired) electrons. The summed E-state index contributed by atoms with van der Waals surface area (Å²) in [7, 11) is -1.47. The lowest BCUT2D eigenvalue weighted by Gasteiger charge is -2.10. The van der Waals surface area contributed by atoms with Crippen molar-refractivity contribution in [2.75, 3.05) is 6.54 Å². The van der Waals surface area contributed by atoms with Gasteiger partial charge in [0.05, 0.1) is 10.5 Å². The normalized spacial score (nSPS) is 11.8. The zero-order valence-electron chi connectivity index (χ0n) is 18.0. The van der Waals surface area contributed by atoms with Crippen molar-refractivity contribution in [3.8, 4) is 11.5 Å². The summed E-state index contributed by atoms with van der Waals surface area (Å²) in [5.41, 5.74) is 4.44. The van der Waals surface area contributed by atoms with E-state index >= 15 is 0 Å². The number of hydrogen-bond acceptors (Lipinski definition) is 3. The zero-order valence-corrected chi connectivity index (χ0v) is 18.8. The van der Waals surface area contributed by atoms with Crippen LogP contribution in [0.5, 0.6) is 11.5 Å². The Labute approximate surface area is 185 Å². The lowest BCUT2D eigenvalue weighted by atomic mass is 10.1. The molecule has 3 aromatic rings. The predicted octanol–water partition coefficient (Wildman–Crippen LogP) is 5.21. The predicted molar refractivity (Wildman–Crippen MR) is 123 cm³/mol. The number of ether oxygens (including phenoxy) is 1. The van der Waals surface area contributed by atoms with Gasteiger partial charge in [0, 0.05) is 6.54 Å². The fourth-order valence-electron chi connectivity index (χ4n) is 3.19. The van der Waals surface area contributed by atoms with E-state index in [-0.39, 0.29) is 5.56 Å². The summed E-state index contributed by atoms with van der Waals surface area (Å²) < 4.78 is 21.4. The van der Waals surface area contributed by atoms with E-state index in [1.54, 1.807) is 12.1 Å². The minimum atomic E-state index is -1.47. The van der Waals surface area contributed by atoms with Gasteiger partial charge in [-0.1, -0.05) is 31.2 Å². The molecule has 31 heavy (non-hydrogen) atoms. The Kier molecular flexibility index (Phi) is 7.60. The molecule has 0 fully saturated rings.